The van der Waals surface area contributed by atoms with Crippen molar-refractivity contribution in [3.8, 4) is 5.75 Å². The number of hydrogen-bond acceptors (Lipinski definition) is 3. The van der Waals surface area contributed by atoms with E-state index in [1.165, 1.54) is 19.3 Å². The van der Waals surface area contributed by atoms with E-state index >= 15 is 0 Å². The molecule has 7 atom stereocenters. The van der Waals surface area contributed by atoms with E-state index in [0.717, 1.165) is 42.7 Å². The highest BCUT2D eigenvalue weighted by Gasteiger charge is 2.62. The van der Waals surface area contributed by atoms with Gasteiger partial charge in [0.2, 0.25) is 5.91 Å². The van der Waals surface area contributed by atoms with Gasteiger partial charge in [-0.1, -0.05) is 32.0 Å². The molecule has 0 spiro atoms. The predicted octanol–water partition coefficient (Wildman–Crippen LogP) is 6.57. The Labute approximate surface area is 227 Å². The maximum atomic E-state index is 14.1. The van der Waals surface area contributed by atoms with Crippen LogP contribution in [0.3, 0.4) is 0 Å². The summed E-state index contributed by atoms with van der Waals surface area (Å²) in [5.74, 6) is 3.16. The molecule has 4 aliphatic rings. The molecule has 0 radical (unpaired) electrons. The summed E-state index contributed by atoms with van der Waals surface area (Å²) in [6.45, 7) is 4.96. The third-order valence-electron chi connectivity index (χ3n) is 11.4. The van der Waals surface area contributed by atoms with Crippen LogP contribution >= 0.6 is 0 Å². The van der Waals surface area contributed by atoms with Gasteiger partial charge in [-0.3, -0.25) is 9.59 Å². The second-order valence-electron chi connectivity index (χ2n) is 12.9. The Morgan fingerprint density at radius 2 is 1.61 bits per heavy atom. The first kappa shape index (κ1) is 25.5. The van der Waals surface area contributed by atoms with Gasteiger partial charge in [0.15, 0.2) is 0 Å². The minimum atomic E-state index is 0.0745. The highest BCUT2D eigenvalue weighted by atomic mass is 16.5. The molecule has 1 heterocycles. The van der Waals surface area contributed by atoms with Crippen molar-refractivity contribution in [2.45, 2.75) is 77.3 Å². The summed E-state index contributed by atoms with van der Waals surface area (Å²) < 4.78 is 5.42. The first-order valence-electron chi connectivity index (χ1n) is 14.6. The van der Waals surface area contributed by atoms with E-state index in [0.29, 0.717) is 36.1 Å². The largest absolute Gasteiger partial charge is 0.497 e. The fourth-order valence-electron chi connectivity index (χ4n) is 9.45. The van der Waals surface area contributed by atoms with Crippen molar-refractivity contribution in [1.29, 1.82) is 0 Å². The number of hydrogen-bond donors (Lipinski definition) is 0. The molecule has 1 aliphatic heterocycles. The van der Waals surface area contributed by atoms with Crippen LogP contribution in [-0.4, -0.2) is 43.0 Å². The molecular formula is C33H42N2O3. The van der Waals surface area contributed by atoms with Crippen LogP contribution < -0.4 is 9.64 Å². The Kier molecular flexibility index (Phi) is 6.32. The second-order valence-corrected chi connectivity index (χ2v) is 12.9. The van der Waals surface area contributed by atoms with Crippen LogP contribution in [-0.2, 0) is 4.79 Å². The molecule has 38 heavy (non-hydrogen) atoms. The van der Waals surface area contributed by atoms with Crippen molar-refractivity contribution >= 4 is 17.5 Å². The van der Waals surface area contributed by atoms with Gasteiger partial charge in [0, 0.05) is 36.8 Å². The van der Waals surface area contributed by atoms with Crippen molar-refractivity contribution in [2.75, 3.05) is 19.1 Å². The van der Waals surface area contributed by atoms with Gasteiger partial charge >= 0.3 is 0 Å². The minimum absolute atomic E-state index is 0.0745. The average molecular weight is 515 g/mol. The number of benzene rings is 2. The molecule has 2 amide bonds. The Hall–Kier alpha value is -2.82. The number of fused-ring (bicyclic) bond motifs is 5. The number of ether oxygens (including phenoxy) is 1. The van der Waals surface area contributed by atoms with Gasteiger partial charge in [0.25, 0.3) is 5.91 Å². The van der Waals surface area contributed by atoms with Crippen molar-refractivity contribution in [3.05, 3.63) is 60.2 Å². The number of anilines is 1. The van der Waals surface area contributed by atoms with E-state index < -0.39 is 0 Å². The van der Waals surface area contributed by atoms with Crippen molar-refractivity contribution in [1.82, 2.24) is 4.90 Å². The van der Waals surface area contributed by atoms with Crippen LogP contribution in [0.4, 0.5) is 5.69 Å². The Morgan fingerprint density at radius 1 is 0.895 bits per heavy atom. The maximum Gasteiger partial charge on any atom is 0.258 e. The minimum Gasteiger partial charge on any atom is -0.497 e. The van der Waals surface area contributed by atoms with Crippen LogP contribution in [0, 0.1) is 28.6 Å². The number of carbonyl (C=O) groups excluding carboxylic acids is 2. The molecule has 0 aromatic heterocycles. The average Bonchev–Trinajstić information content (AvgIpc) is 3.29. The van der Waals surface area contributed by atoms with Crippen LogP contribution in [0.15, 0.2) is 54.6 Å². The van der Waals surface area contributed by atoms with E-state index in [2.05, 4.69) is 23.6 Å². The van der Waals surface area contributed by atoms with E-state index in [4.69, 9.17) is 4.74 Å². The van der Waals surface area contributed by atoms with E-state index in [1.54, 1.807) is 7.11 Å². The maximum absolute atomic E-state index is 14.1. The van der Waals surface area contributed by atoms with Crippen LogP contribution in [0.25, 0.3) is 0 Å². The number of likely N-dealkylation sites (tertiary alicyclic amines) is 1. The SMILES string of the molecule is COc1ccc(N(C(=O)c2ccccc2)[C@H]2CC[C@H]3[C@@H]4CC[C@H]5N(C)C(=O)CC[C@]5(C)[C@H]4CC[C@]23C)cc1. The van der Waals surface area contributed by atoms with Gasteiger partial charge in [-0.15, -0.1) is 0 Å². The van der Waals surface area contributed by atoms with Gasteiger partial charge in [-0.05, 0) is 110 Å². The fourth-order valence-corrected chi connectivity index (χ4v) is 9.45. The van der Waals surface area contributed by atoms with Gasteiger partial charge in [0.05, 0.1) is 7.11 Å². The standard InChI is InChI=1S/C33H42N2O3/c1-32-21-19-30(36)34(3)28(32)16-14-25-26-15-17-29(33(26,2)20-18-27(25)32)35(23-10-12-24(38-4)13-11-23)31(37)22-8-6-5-7-9-22/h5-13,25-29H,14-21H2,1-4H3/t25-,26-,27-,28+,29-,32+,33-/m0/s1. The lowest BCUT2D eigenvalue weighted by atomic mass is 9.47. The summed E-state index contributed by atoms with van der Waals surface area (Å²) >= 11 is 0. The monoisotopic (exact) mass is 514 g/mol. The number of rotatable bonds is 4. The Bertz CT molecular complexity index is 1200. The summed E-state index contributed by atoms with van der Waals surface area (Å²) in [5, 5.41) is 0. The summed E-state index contributed by atoms with van der Waals surface area (Å²) in [7, 11) is 3.71. The molecule has 5 nitrogen and oxygen atoms in total. The third kappa shape index (κ3) is 3.79. The molecule has 2 aromatic rings. The fraction of sp³-hybridized carbons (Fsp3) is 0.576. The molecule has 1 saturated heterocycles. The molecule has 202 valence electrons. The normalized spacial score (nSPS) is 36.2. The predicted molar refractivity (Wildman–Crippen MR) is 150 cm³/mol. The molecule has 5 heteroatoms. The van der Waals surface area contributed by atoms with Gasteiger partial charge in [-0.25, -0.2) is 0 Å². The second kappa shape index (κ2) is 9.43. The summed E-state index contributed by atoms with van der Waals surface area (Å²) in [5.41, 5.74) is 1.98. The zero-order valence-corrected chi connectivity index (χ0v) is 23.4. The molecule has 3 saturated carbocycles. The summed E-state index contributed by atoms with van der Waals surface area (Å²) in [4.78, 5) is 30.9. The Balaban J connectivity index is 1.34. The third-order valence-corrected chi connectivity index (χ3v) is 11.4. The van der Waals surface area contributed by atoms with Crippen molar-refractivity contribution in [3.63, 3.8) is 0 Å². The van der Waals surface area contributed by atoms with E-state index in [1.807, 2.05) is 61.6 Å². The zero-order chi connectivity index (χ0) is 26.7. The van der Waals surface area contributed by atoms with Crippen LogP contribution in [0.1, 0.15) is 75.6 Å². The molecule has 0 N–H and O–H groups in total. The number of carbonyl (C=O) groups is 2. The van der Waals surface area contributed by atoms with Crippen LogP contribution in [0.5, 0.6) is 5.75 Å². The number of amides is 2. The van der Waals surface area contributed by atoms with Gasteiger partial charge in [0.1, 0.15) is 5.75 Å². The molecular weight excluding hydrogens is 472 g/mol. The smallest absolute Gasteiger partial charge is 0.258 e. The number of piperidine rings is 1. The zero-order valence-electron chi connectivity index (χ0n) is 23.4. The highest BCUT2D eigenvalue weighted by molar-refractivity contribution is 6.06. The molecule has 0 bridgehead atoms. The molecule has 3 aliphatic carbocycles. The van der Waals surface area contributed by atoms with Gasteiger partial charge in [-0.2, -0.15) is 0 Å². The summed E-state index contributed by atoms with van der Waals surface area (Å²) in [6, 6.07) is 18.3. The lowest BCUT2D eigenvalue weighted by Crippen LogP contribution is -2.62. The summed E-state index contributed by atoms with van der Waals surface area (Å²) in [6.07, 6.45) is 8.57. The first-order chi connectivity index (χ1) is 18.3. The number of methoxy groups -OCH3 is 1. The molecule has 0 unspecified atom stereocenters. The lowest BCUT2D eigenvalue weighted by Gasteiger charge is -2.62. The first-order valence-corrected chi connectivity index (χ1v) is 14.6. The molecule has 4 fully saturated rings. The molecule has 6 rings (SSSR count). The topological polar surface area (TPSA) is 49.9 Å². The van der Waals surface area contributed by atoms with Gasteiger partial charge < -0.3 is 14.5 Å². The lowest BCUT2D eigenvalue weighted by molar-refractivity contribution is -0.157. The molecule has 2 aromatic carbocycles. The van der Waals surface area contributed by atoms with E-state index in [9.17, 15) is 9.59 Å². The Morgan fingerprint density at radius 3 is 2.32 bits per heavy atom. The highest BCUT2D eigenvalue weighted by Crippen LogP contribution is 2.65. The van der Waals surface area contributed by atoms with Crippen molar-refractivity contribution < 1.29 is 14.3 Å². The quantitative estimate of drug-likeness (QED) is 0.463. The number of nitrogens with zero attached hydrogens (tertiary/aromatic N) is 2. The van der Waals surface area contributed by atoms with Crippen LogP contribution in [0.2, 0.25) is 0 Å². The van der Waals surface area contributed by atoms with Crippen molar-refractivity contribution in [2.24, 2.45) is 28.6 Å². The van der Waals surface area contributed by atoms with E-state index in [-0.39, 0.29) is 22.8 Å².